The Morgan fingerprint density at radius 1 is 1.20 bits per heavy atom. The summed E-state index contributed by atoms with van der Waals surface area (Å²) >= 11 is 3.92. The zero-order valence-corrected chi connectivity index (χ0v) is 20.7. The van der Waals surface area contributed by atoms with Crippen LogP contribution in [0.4, 0.5) is 0 Å². The summed E-state index contributed by atoms with van der Waals surface area (Å²) < 4.78 is 11.7. The highest BCUT2D eigenvalue weighted by Gasteiger charge is 2.66. The molecule has 3 saturated carbocycles. The SMILES string of the molecule is C=C1CC[C@@H](Br)[C@@]2(C)[C@H]1[C@H]1[C@H](C(C)C)[C@H](OC(C)=O)C[C@](C)(O)[C@@H]1C[C@H]2OC(C)=O. The van der Waals surface area contributed by atoms with Crippen molar-refractivity contribution < 1.29 is 24.2 Å². The largest absolute Gasteiger partial charge is 0.462 e. The van der Waals surface area contributed by atoms with E-state index in [9.17, 15) is 14.7 Å². The maximum atomic E-state index is 12.0. The molecule has 5 nitrogen and oxygen atoms in total. The van der Waals surface area contributed by atoms with Crippen molar-refractivity contribution in [1.82, 2.24) is 0 Å². The van der Waals surface area contributed by atoms with Crippen molar-refractivity contribution in [3.8, 4) is 0 Å². The van der Waals surface area contributed by atoms with Crippen molar-refractivity contribution in [2.24, 2.45) is 35.0 Å². The Kier molecular flexibility index (Phi) is 6.53. The van der Waals surface area contributed by atoms with Gasteiger partial charge in [0, 0.05) is 36.4 Å². The second kappa shape index (κ2) is 8.23. The third kappa shape index (κ3) is 3.87. The fourth-order valence-electron chi connectivity index (χ4n) is 7.06. The first-order valence-electron chi connectivity index (χ1n) is 11.2. The molecule has 0 bridgehead atoms. The predicted molar refractivity (Wildman–Crippen MR) is 119 cm³/mol. The molecule has 0 saturated heterocycles. The standard InChI is InChI=1S/C24H37BrO5/c1-12(2)20-17(29-14(4)26)11-23(6,28)16-10-19(30-15(5)27)24(7)18(25)9-8-13(3)22(24)21(16)20/h12,16-22,28H,3,8-11H2,1-2,4-7H3/t16-,17-,18-,19-,20-,21-,22-,23+,24-/m1/s1. The molecule has 170 valence electrons. The summed E-state index contributed by atoms with van der Waals surface area (Å²) in [5, 5.41) is 11.6. The van der Waals surface area contributed by atoms with E-state index in [4.69, 9.17) is 9.47 Å². The van der Waals surface area contributed by atoms with Gasteiger partial charge in [-0.15, -0.1) is 0 Å². The van der Waals surface area contributed by atoms with Gasteiger partial charge >= 0.3 is 11.9 Å². The number of alkyl halides is 1. The number of rotatable bonds is 3. The first-order chi connectivity index (χ1) is 13.8. The Balaban J connectivity index is 2.16. The first-order valence-corrected chi connectivity index (χ1v) is 12.1. The normalized spacial score (nSPS) is 46.0. The lowest BCUT2D eigenvalue weighted by atomic mass is 9.43. The van der Waals surface area contributed by atoms with Gasteiger partial charge in [0.25, 0.3) is 0 Å². The number of carbonyl (C=O) groups is 2. The van der Waals surface area contributed by atoms with Crippen LogP contribution in [-0.4, -0.2) is 39.7 Å². The number of aliphatic hydroxyl groups is 1. The van der Waals surface area contributed by atoms with E-state index < -0.39 is 5.60 Å². The van der Waals surface area contributed by atoms with Crippen LogP contribution in [0.15, 0.2) is 12.2 Å². The number of ether oxygens (including phenoxy) is 2. The van der Waals surface area contributed by atoms with Crippen LogP contribution < -0.4 is 0 Å². The number of carbonyl (C=O) groups excluding carboxylic acids is 2. The second-order valence-corrected chi connectivity index (χ2v) is 11.7. The van der Waals surface area contributed by atoms with Crippen molar-refractivity contribution in [2.75, 3.05) is 0 Å². The number of hydrogen-bond acceptors (Lipinski definition) is 5. The van der Waals surface area contributed by atoms with Gasteiger partial charge in [-0.25, -0.2) is 0 Å². The van der Waals surface area contributed by atoms with E-state index in [1.165, 1.54) is 13.8 Å². The summed E-state index contributed by atoms with van der Waals surface area (Å²) in [6, 6.07) is 0. The lowest BCUT2D eigenvalue weighted by molar-refractivity contribution is -0.225. The Labute approximate surface area is 189 Å². The average Bonchev–Trinajstić information content (AvgIpc) is 2.58. The average molecular weight is 485 g/mol. The molecule has 30 heavy (non-hydrogen) atoms. The maximum Gasteiger partial charge on any atom is 0.302 e. The molecule has 3 rings (SSSR count). The van der Waals surface area contributed by atoms with Crippen molar-refractivity contribution in [1.29, 1.82) is 0 Å². The van der Waals surface area contributed by atoms with Crippen molar-refractivity contribution in [3.05, 3.63) is 12.2 Å². The lowest BCUT2D eigenvalue weighted by Crippen LogP contribution is -2.67. The van der Waals surface area contributed by atoms with Gasteiger partial charge in [-0.2, -0.15) is 0 Å². The molecule has 0 spiro atoms. The van der Waals surface area contributed by atoms with Gasteiger partial charge in [0.05, 0.1) is 5.60 Å². The first kappa shape index (κ1) is 23.8. The zero-order chi connectivity index (χ0) is 22.6. The van der Waals surface area contributed by atoms with Crippen LogP contribution in [0.3, 0.4) is 0 Å². The van der Waals surface area contributed by atoms with Gasteiger partial charge in [-0.3, -0.25) is 9.59 Å². The highest BCUT2D eigenvalue weighted by atomic mass is 79.9. The molecular weight excluding hydrogens is 448 g/mol. The third-order valence-electron chi connectivity index (χ3n) is 8.20. The molecule has 6 heteroatoms. The van der Waals surface area contributed by atoms with E-state index in [1.807, 2.05) is 6.92 Å². The molecule has 3 aliphatic rings. The number of fused-ring (bicyclic) bond motifs is 3. The molecule has 0 aromatic carbocycles. The van der Waals surface area contributed by atoms with Crippen LogP contribution in [0.25, 0.3) is 0 Å². The Morgan fingerprint density at radius 2 is 1.80 bits per heavy atom. The molecular formula is C24H37BrO5. The summed E-state index contributed by atoms with van der Waals surface area (Å²) in [5.74, 6) is -0.111. The molecule has 3 aliphatic carbocycles. The number of allylic oxidation sites excluding steroid dienone is 1. The van der Waals surface area contributed by atoms with Crippen LogP contribution in [0.2, 0.25) is 0 Å². The predicted octanol–water partition coefficient (Wildman–Crippen LogP) is 4.65. The quantitative estimate of drug-likeness (QED) is 0.358. The van der Waals surface area contributed by atoms with E-state index in [1.54, 1.807) is 0 Å². The minimum Gasteiger partial charge on any atom is -0.462 e. The summed E-state index contributed by atoms with van der Waals surface area (Å²) in [6.45, 7) is 15.7. The van der Waals surface area contributed by atoms with Gasteiger partial charge in [0.15, 0.2) is 0 Å². The lowest BCUT2D eigenvalue weighted by Gasteiger charge is -2.64. The van der Waals surface area contributed by atoms with E-state index >= 15 is 0 Å². The molecule has 0 aromatic rings. The summed E-state index contributed by atoms with van der Waals surface area (Å²) in [7, 11) is 0. The van der Waals surface area contributed by atoms with Gasteiger partial charge in [-0.05, 0) is 49.9 Å². The van der Waals surface area contributed by atoms with Crippen LogP contribution in [0.5, 0.6) is 0 Å². The van der Waals surface area contributed by atoms with E-state index in [0.717, 1.165) is 18.4 Å². The number of hydrogen-bond donors (Lipinski definition) is 1. The topological polar surface area (TPSA) is 72.8 Å². The van der Waals surface area contributed by atoms with Crippen LogP contribution in [-0.2, 0) is 19.1 Å². The molecule has 0 radical (unpaired) electrons. The van der Waals surface area contributed by atoms with E-state index in [-0.39, 0.29) is 64.0 Å². The molecule has 0 heterocycles. The molecule has 0 amide bonds. The van der Waals surface area contributed by atoms with Crippen molar-refractivity contribution >= 4 is 27.9 Å². The van der Waals surface area contributed by atoms with Crippen molar-refractivity contribution in [3.63, 3.8) is 0 Å². The van der Waals surface area contributed by atoms with Gasteiger partial charge in [-0.1, -0.05) is 48.9 Å². The Hall–Kier alpha value is -0.880. The van der Waals surface area contributed by atoms with Crippen molar-refractivity contribution in [2.45, 2.75) is 89.9 Å². The van der Waals surface area contributed by atoms with E-state index in [2.05, 4.69) is 43.3 Å². The van der Waals surface area contributed by atoms with Gasteiger partial charge < -0.3 is 14.6 Å². The minimum absolute atomic E-state index is 0.0614. The highest BCUT2D eigenvalue weighted by molar-refractivity contribution is 9.09. The molecule has 1 N–H and O–H groups in total. The van der Waals surface area contributed by atoms with Crippen LogP contribution in [0.1, 0.15) is 67.2 Å². The number of halogens is 1. The minimum atomic E-state index is -1.02. The fourth-order valence-corrected chi connectivity index (χ4v) is 7.87. The number of esters is 2. The summed E-state index contributed by atoms with van der Waals surface area (Å²) in [5.41, 5.74) is -0.191. The molecule has 3 fully saturated rings. The Morgan fingerprint density at radius 3 is 2.33 bits per heavy atom. The fraction of sp³-hybridized carbons (Fsp3) is 0.833. The molecule has 0 unspecified atom stereocenters. The molecule has 0 aromatic heterocycles. The summed E-state index contributed by atoms with van der Waals surface area (Å²) in [4.78, 5) is 24.1. The molecule has 0 aliphatic heterocycles. The van der Waals surface area contributed by atoms with Crippen LogP contribution >= 0.6 is 15.9 Å². The van der Waals surface area contributed by atoms with E-state index in [0.29, 0.717) is 12.8 Å². The summed E-state index contributed by atoms with van der Waals surface area (Å²) in [6.07, 6.45) is 2.21. The third-order valence-corrected chi connectivity index (χ3v) is 9.64. The Bertz CT molecular complexity index is 716. The molecule has 9 atom stereocenters. The maximum absolute atomic E-state index is 12.0. The zero-order valence-electron chi connectivity index (χ0n) is 19.1. The van der Waals surface area contributed by atoms with Gasteiger partial charge in [0.2, 0.25) is 0 Å². The van der Waals surface area contributed by atoms with Gasteiger partial charge in [0.1, 0.15) is 12.2 Å². The second-order valence-electron chi connectivity index (χ2n) is 10.6. The monoisotopic (exact) mass is 484 g/mol. The highest BCUT2D eigenvalue weighted by Crippen LogP contribution is 2.65. The van der Waals surface area contributed by atoms with Crippen LogP contribution in [0, 0.1) is 35.0 Å². The smallest absolute Gasteiger partial charge is 0.302 e.